The monoisotopic (exact) mass is 343 g/mol. The van der Waals surface area contributed by atoms with Crippen LogP contribution in [-0.4, -0.2) is 33.6 Å². The zero-order chi connectivity index (χ0) is 16.2. The molecule has 0 fully saturated rings. The Balaban J connectivity index is 1.69. The molecule has 4 nitrogen and oxygen atoms in total. The number of hydrogen-bond donors (Lipinski definition) is 0. The number of thiophene rings is 1. The average Bonchev–Trinajstić information content (AvgIpc) is 3.05. The van der Waals surface area contributed by atoms with Gasteiger partial charge in [-0.1, -0.05) is 36.0 Å². The van der Waals surface area contributed by atoms with Crippen molar-refractivity contribution in [2.75, 3.05) is 12.8 Å². The summed E-state index contributed by atoms with van der Waals surface area (Å²) in [5.74, 6) is 1.21. The van der Waals surface area contributed by atoms with E-state index in [-0.39, 0.29) is 5.91 Å². The second-order valence-corrected chi connectivity index (χ2v) is 7.21. The minimum Gasteiger partial charge on any atom is -0.340 e. The fourth-order valence-electron chi connectivity index (χ4n) is 2.23. The lowest BCUT2D eigenvalue weighted by atomic mass is 10.2. The van der Waals surface area contributed by atoms with Gasteiger partial charge in [0.05, 0.1) is 17.8 Å². The molecule has 0 aliphatic rings. The first-order valence-electron chi connectivity index (χ1n) is 7.26. The summed E-state index contributed by atoms with van der Waals surface area (Å²) < 4.78 is 0. The summed E-state index contributed by atoms with van der Waals surface area (Å²) in [4.78, 5) is 24.2. The molecular weight excluding hydrogens is 326 g/mol. The molecule has 0 N–H and O–H groups in total. The van der Waals surface area contributed by atoms with E-state index < -0.39 is 0 Å². The van der Waals surface area contributed by atoms with Crippen molar-refractivity contribution in [2.45, 2.75) is 18.5 Å². The first kappa shape index (κ1) is 16.0. The van der Waals surface area contributed by atoms with Crippen LogP contribution in [0.3, 0.4) is 0 Å². The van der Waals surface area contributed by atoms with Gasteiger partial charge in [0, 0.05) is 17.3 Å². The molecule has 0 atom stereocenters. The minimum absolute atomic E-state index is 0.101. The number of carbonyl (C=O) groups excluding carboxylic acids is 1. The standard InChI is InChI=1S/C17H17N3OS2/c1-12-18-15-8-4-3-7-14(15)17(19-12)23-11-16(21)20(2)10-13-6-5-9-22-13/h3-9H,10-11H2,1-2H3. The SMILES string of the molecule is Cc1nc(SCC(=O)N(C)Cc2cccs2)c2ccccc2n1. The quantitative estimate of drug-likeness (QED) is 0.523. The Morgan fingerprint density at radius 2 is 2.04 bits per heavy atom. The second-order valence-electron chi connectivity index (χ2n) is 5.21. The molecule has 118 valence electrons. The third kappa shape index (κ3) is 3.89. The maximum Gasteiger partial charge on any atom is 0.233 e. The Morgan fingerprint density at radius 1 is 1.22 bits per heavy atom. The molecule has 0 bridgehead atoms. The Bertz CT molecular complexity index is 818. The van der Waals surface area contributed by atoms with E-state index in [2.05, 4.69) is 9.97 Å². The summed E-state index contributed by atoms with van der Waals surface area (Å²) in [5, 5.41) is 3.89. The molecule has 2 heterocycles. The zero-order valence-electron chi connectivity index (χ0n) is 13.0. The number of hydrogen-bond acceptors (Lipinski definition) is 5. The van der Waals surface area contributed by atoms with Gasteiger partial charge in [0.1, 0.15) is 10.9 Å². The smallest absolute Gasteiger partial charge is 0.233 e. The number of aryl methyl sites for hydroxylation is 1. The highest BCUT2D eigenvalue weighted by Crippen LogP contribution is 2.25. The lowest BCUT2D eigenvalue weighted by Gasteiger charge is -2.16. The molecule has 0 unspecified atom stereocenters. The first-order valence-corrected chi connectivity index (χ1v) is 9.12. The van der Waals surface area contributed by atoms with Crippen LogP contribution in [0.1, 0.15) is 10.7 Å². The fourth-order valence-corrected chi connectivity index (χ4v) is 4.00. The second kappa shape index (κ2) is 7.10. The molecule has 0 saturated heterocycles. The maximum absolute atomic E-state index is 12.3. The third-order valence-corrected chi connectivity index (χ3v) is 5.25. The summed E-state index contributed by atoms with van der Waals surface area (Å²) in [5.41, 5.74) is 0.918. The minimum atomic E-state index is 0.101. The van der Waals surface area contributed by atoms with Crippen LogP contribution < -0.4 is 0 Å². The van der Waals surface area contributed by atoms with Gasteiger partial charge in [-0.05, 0) is 24.4 Å². The Kier molecular flexibility index (Phi) is 4.93. The Hall–Kier alpha value is -1.92. The van der Waals surface area contributed by atoms with Gasteiger partial charge in [-0.2, -0.15) is 0 Å². The highest BCUT2D eigenvalue weighted by Gasteiger charge is 2.13. The maximum atomic E-state index is 12.3. The summed E-state index contributed by atoms with van der Waals surface area (Å²) >= 11 is 3.14. The number of amides is 1. The Morgan fingerprint density at radius 3 is 2.83 bits per heavy atom. The lowest BCUT2D eigenvalue weighted by Crippen LogP contribution is -2.27. The van der Waals surface area contributed by atoms with E-state index in [1.54, 1.807) is 16.2 Å². The van der Waals surface area contributed by atoms with Gasteiger partial charge in [-0.15, -0.1) is 11.3 Å². The normalized spacial score (nSPS) is 10.9. The average molecular weight is 343 g/mol. The van der Waals surface area contributed by atoms with Crippen molar-refractivity contribution in [3.8, 4) is 0 Å². The van der Waals surface area contributed by atoms with Crippen LogP contribution in [-0.2, 0) is 11.3 Å². The van der Waals surface area contributed by atoms with Crippen LogP contribution >= 0.6 is 23.1 Å². The van der Waals surface area contributed by atoms with Crippen LogP contribution in [0.2, 0.25) is 0 Å². The van der Waals surface area contributed by atoms with E-state index in [1.165, 1.54) is 16.6 Å². The van der Waals surface area contributed by atoms with Crippen LogP contribution in [0.5, 0.6) is 0 Å². The highest BCUT2D eigenvalue weighted by molar-refractivity contribution is 8.00. The predicted molar refractivity (Wildman–Crippen MR) is 95.8 cm³/mol. The molecule has 3 rings (SSSR count). The highest BCUT2D eigenvalue weighted by atomic mass is 32.2. The molecule has 6 heteroatoms. The van der Waals surface area contributed by atoms with Crippen molar-refractivity contribution in [1.29, 1.82) is 0 Å². The van der Waals surface area contributed by atoms with Gasteiger partial charge in [-0.25, -0.2) is 9.97 Å². The number of fused-ring (bicyclic) bond motifs is 1. The van der Waals surface area contributed by atoms with E-state index in [4.69, 9.17) is 0 Å². The molecule has 0 spiro atoms. The van der Waals surface area contributed by atoms with Gasteiger partial charge in [-0.3, -0.25) is 4.79 Å². The van der Waals surface area contributed by atoms with E-state index in [0.717, 1.165) is 21.8 Å². The van der Waals surface area contributed by atoms with Crippen molar-refractivity contribution >= 4 is 39.9 Å². The molecule has 0 saturated carbocycles. The molecule has 23 heavy (non-hydrogen) atoms. The van der Waals surface area contributed by atoms with Gasteiger partial charge in [0.15, 0.2) is 0 Å². The van der Waals surface area contributed by atoms with Gasteiger partial charge >= 0.3 is 0 Å². The molecule has 1 aromatic carbocycles. The van der Waals surface area contributed by atoms with E-state index >= 15 is 0 Å². The summed E-state index contributed by atoms with van der Waals surface area (Å²) in [6.07, 6.45) is 0. The van der Waals surface area contributed by atoms with E-state index in [1.807, 2.05) is 55.7 Å². The van der Waals surface area contributed by atoms with Crippen molar-refractivity contribution in [1.82, 2.24) is 14.9 Å². The Labute approximate surface area is 143 Å². The van der Waals surface area contributed by atoms with Crippen LogP contribution in [0.15, 0.2) is 46.8 Å². The predicted octanol–water partition coefficient (Wildman–Crippen LogP) is 3.75. The molecule has 3 aromatic rings. The van der Waals surface area contributed by atoms with Crippen LogP contribution in [0.25, 0.3) is 10.9 Å². The van der Waals surface area contributed by atoms with E-state index in [0.29, 0.717) is 12.3 Å². The number of nitrogens with zero attached hydrogens (tertiary/aromatic N) is 3. The molecule has 0 radical (unpaired) electrons. The van der Waals surface area contributed by atoms with Crippen molar-refractivity contribution in [2.24, 2.45) is 0 Å². The fraction of sp³-hybridized carbons (Fsp3) is 0.235. The number of para-hydroxylation sites is 1. The number of aromatic nitrogens is 2. The molecule has 0 aliphatic carbocycles. The third-order valence-electron chi connectivity index (χ3n) is 3.41. The van der Waals surface area contributed by atoms with Crippen molar-refractivity contribution in [3.63, 3.8) is 0 Å². The summed E-state index contributed by atoms with van der Waals surface area (Å²) in [6, 6.07) is 11.9. The molecule has 0 aliphatic heterocycles. The van der Waals surface area contributed by atoms with E-state index in [9.17, 15) is 4.79 Å². The van der Waals surface area contributed by atoms with Crippen molar-refractivity contribution in [3.05, 3.63) is 52.5 Å². The number of benzene rings is 1. The topological polar surface area (TPSA) is 46.1 Å². The van der Waals surface area contributed by atoms with Crippen molar-refractivity contribution < 1.29 is 4.79 Å². The van der Waals surface area contributed by atoms with Gasteiger partial charge in [0.25, 0.3) is 0 Å². The summed E-state index contributed by atoms with van der Waals surface area (Å²) in [7, 11) is 1.84. The van der Waals surface area contributed by atoms with Crippen LogP contribution in [0, 0.1) is 6.92 Å². The largest absolute Gasteiger partial charge is 0.340 e. The van der Waals surface area contributed by atoms with Gasteiger partial charge in [0.2, 0.25) is 5.91 Å². The van der Waals surface area contributed by atoms with Gasteiger partial charge < -0.3 is 4.90 Å². The zero-order valence-corrected chi connectivity index (χ0v) is 14.7. The number of rotatable bonds is 5. The number of thioether (sulfide) groups is 1. The summed E-state index contributed by atoms with van der Waals surface area (Å²) in [6.45, 7) is 2.53. The first-order chi connectivity index (χ1) is 11.1. The molecular formula is C17H17N3OS2. The lowest BCUT2D eigenvalue weighted by molar-refractivity contribution is -0.127. The number of carbonyl (C=O) groups is 1. The van der Waals surface area contributed by atoms with Crippen LogP contribution in [0.4, 0.5) is 0 Å². The molecule has 1 amide bonds. The molecule has 2 aromatic heterocycles.